The van der Waals surface area contributed by atoms with Crippen molar-refractivity contribution in [3.05, 3.63) is 29.3 Å². The summed E-state index contributed by atoms with van der Waals surface area (Å²) < 4.78 is 5.10. The van der Waals surface area contributed by atoms with Crippen LogP contribution in [0.5, 0.6) is 0 Å². The summed E-state index contributed by atoms with van der Waals surface area (Å²) in [5.74, 6) is -1.19. The standard InChI is InChI=1S/C14H16ClNO4S/c15-10-3-1-2-4-12(10)21-6-5-13(17)16-11-8-20-7-9(11)14(18)19/h1-4,9,11H,5-8H2,(H,16,17)(H,18,19). The van der Waals surface area contributed by atoms with E-state index in [-0.39, 0.29) is 19.1 Å². The molecule has 1 amide bonds. The van der Waals surface area contributed by atoms with E-state index in [1.807, 2.05) is 18.2 Å². The average molecular weight is 330 g/mol. The Hall–Kier alpha value is -1.24. The number of hydrogen-bond donors (Lipinski definition) is 2. The lowest BCUT2D eigenvalue weighted by Gasteiger charge is -2.15. The second-order valence-corrected chi connectivity index (χ2v) is 6.23. The van der Waals surface area contributed by atoms with Gasteiger partial charge >= 0.3 is 5.97 Å². The maximum absolute atomic E-state index is 11.8. The number of carboxylic acid groups (broad SMARTS) is 1. The zero-order valence-electron chi connectivity index (χ0n) is 11.3. The molecule has 114 valence electrons. The Labute approximate surface area is 132 Å². The van der Waals surface area contributed by atoms with E-state index < -0.39 is 17.9 Å². The number of amides is 1. The number of ether oxygens (including phenoxy) is 1. The number of carbonyl (C=O) groups is 2. The second-order valence-electron chi connectivity index (χ2n) is 4.69. The lowest BCUT2D eigenvalue weighted by molar-refractivity contribution is -0.142. The first-order chi connectivity index (χ1) is 10.1. The smallest absolute Gasteiger partial charge is 0.311 e. The Morgan fingerprint density at radius 1 is 1.38 bits per heavy atom. The summed E-state index contributed by atoms with van der Waals surface area (Å²) in [7, 11) is 0. The summed E-state index contributed by atoms with van der Waals surface area (Å²) in [6.07, 6.45) is 0.304. The predicted molar refractivity (Wildman–Crippen MR) is 80.7 cm³/mol. The Kier molecular flexibility index (Phi) is 5.90. The van der Waals surface area contributed by atoms with Crippen molar-refractivity contribution in [2.24, 2.45) is 5.92 Å². The molecule has 1 fully saturated rings. The van der Waals surface area contributed by atoms with Crippen molar-refractivity contribution in [3.8, 4) is 0 Å². The van der Waals surface area contributed by atoms with Crippen LogP contribution in [-0.4, -0.2) is 42.0 Å². The van der Waals surface area contributed by atoms with Crippen LogP contribution in [0.25, 0.3) is 0 Å². The lowest BCUT2D eigenvalue weighted by Crippen LogP contribution is -2.42. The van der Waals surface area contributed by atoms with Gasteiger partial charge in [-0.25, -0.2) is 0 Å². The van der Waals surface area contributed by atoms with E-state index >= 15 is 0 Å². The fourth-order valence-corrected chi connectivity index (χ4v) is 3.22. The van der Waals surface area contributed by atoms with Crippen molar-refractivity contribution < 1.29 is 19.4 Å². The number of carbonyl (C=O) groups excluding carboxylic acids is 1. The number of thioether (sulfide) groups is 1. The normalized spacial score (nSPS) is 21.2. The number of halogens is 1. The van der Waals surface area contributed by atoms with Crippen LogP contribution in [0.15, 0.2) is 29.2 Å². The van der Waals surface area contributed by atoms with Gasteiger partial charge in [0.2, 0.25) is 5.91 Å². The van der Waals surface area contributed by atoms with Crippen LogP contribution in [-0.2, 0) is 14.3 Å². The molecule has 1 saturated heterocycles. The zero-order valence-corrected chi connectivity index (χ0v) is 12.8. The van der Waals surface area contributed by atoms with E-state index in [2.05, 4.69) is 5.32 Å². The molecule has 1 aromatic carbocycles. The van der Waals surface area contributed by atoms with Crippen LogP contribution in [0.2, 0.25) is 5.02 Å². The third-order valence-electron chi connectivity index (χ3n) is 3.17. The minimum absolute atomic E-state index is 0.147. The molecule has 1 heterocycles. The summed E-state index contributed by atoms with van der Waals surface area (Å²) >= 11 is 7.53. The van der Waals surface area contributed by atoms with Gasteiger partial charge in [-0.1, -0.05) is 23.7 Å². The van der Waals surface area contributed by atoms with E-state index in [1.54, 1.807) is 6.07 Å². The Bertz CT molecular complexity index is 525. The Morgan fingerprint density at radius 3 is 2.86 bits per heavy atom. The van der Waals surface area contributed by atoms with Gasteiger partial charge in [0.05, 0.1) is 24.3 Å². The first kappa shape index (κ1) is 16.1. The molecule has 0 aliphatic carbocycles. The van der Waals surface area contributed by atoms with Gasteiger partial charge in [-0.15, -0.1) is 11.8 Å². The first-order valence-electron chi connectivity index (χ1n) is 6.55. The summed E-state index contributed by atoms with van der Waals surface area (Å²) in [5, 5.41) is 12.4. The van der Waals surface area contributed by atoms with Gasteiger partial charge in [-0.2, -0.15) is 0 Å². The highest BCUT2D eigenvalue weighted by Crippen LogP contribution is 2.26. The quantitative estimate of drug-likeness (QED) is 0.781. The minimum Gasteiger partial charge on any atom is -0.481 e. The second kappa shape index (κ2) is 7.68. The van der Waals surface area contributed by atoms with Crippen LogP contribution < -0.4 is 5.32 Å². The third kappa shape index (κ3) is 4.62. The van der Waals surface area contributed by atoms with Gasteiger partial charge in [0.25, 0.3) is 0 Å². The summed E-state index contributed by atoms with van der Waals surface area (Å²) in [4.78, 5) is 23.7. The van der Waals surface area contributed by atoms with Gasteiger partial charge in [-0.05, 0) is 12.1 Å². The fraction of sp³-hybridized carbons (Fsp3) is 0.429. The van der Waals surface area contributed by atoms with Crippen LogP contribution in [0.4, 0.5) is 0 Å². The average Bonchev–Trinajstić information content (AvgIpc) is 2.89. The first-order valence-corrected chi connectivity index (χ1v) is 7.91. The van der Waals surface area contributed by atoms with Crippen molar-refractivity contribution in [2.75, 3.05) is 19.0 Å². The molecule has 2 unspecified atom stereocenters. The Morgan fingerprint density at radius 2 is 2.14 bits per heavy atom. The number of nitrogens with one attached hydrogen (secondary N) is 1. The molecule has 0 spiro atoms. The van der Waals surface area contributed by atoms with Gasteiger partial charge < -0.3 is 15.2 Å². The molecule has 2 rings (SSSR count). The van der Waals surface area contributed by atoms with Crippen molar-refractivity contribution in [3.63, 3.8) is 0 Å². The molecule has 21 heavy (non-hydrogen) atoms. The molecule has 1 aliphatic heterocycles. The third-order valence-corrected chi connectivity index (χ3v) is 4.68. The molecule has 0 bridgehead atoms. The van der Waals surface area contributed by atoms with Crippen LogP contribution in [0.1, 0.15) is 6.42 Å². The molecule has 0 aromatic heterocycles. The number of benzene rings is 1. The Balaban J connectivity index is 1.75. The van der Waals surface area contributed by atoms with Crippen molar-refractivity contribution >= 4 is 35.2 Å². The fourth-order valence-electron chi connectivity index (χ4n) is 2.03. The zero-order chi connectivity index (χ0) is 15.2. The number of carboxylic acids is 1. The molecular formula is C14H16ClNO4S. The lowest BCUT2D eigenvalue weighted by atomic mass is 10.0. The minimum atomic E-state index is -0.941. The van der Waals surface area contributed by atoms with Gasteiger partial charge in [0.1, 0.15) is 5.92 Å². The highest BCUT2D eigenvalue weighted by atomic mass is 35.5. The van der Waals surface area contributed by atoms with E-state index in [0.29, 0.717) is 17.2 Å². The van der Waals surface area contributed by atoms with Gasteiger partial charge in [0.15, 0.2) is 0 Å². The molecule has 1 aliphatic rings. The van der Waals surface area contributed by atoms with E-state index in [4.69, 9.17) is 21.4 Å². The maximum atomic E-state index is 11.8. The van der Waals surface area contributed by atoms with E-state index in [9.17, 15) is 9.59 Å². The van der Waals surface area contributed by atoms with Gasteiger partial charge in [0, 0.05) is 17.1 Å². The van der Waals surface area contributed by atoms with Crippen LogP contribution in [0.3, 0.4) is 0 Å². The summed E-state index contributed by atoms with van der Waals surface area (Å²) in [5.41, 5.74) is 0. The highest BCUT2D eigenvalue weighted by molar-refractivity contribution is 7.99. The molecule has 1 aromatic rings. The number of rotatable bonds is 6. The molecular weight excluding hydrogens is 314 g/mol. The number of aliphatic carboxylic acids is 1. The van der Waals surface area contributed by atoms with Crippen molar-refractivity contribution in [1.82, 2.24) is 5.32 Å². The van der Waals surface area contributed by atoms with Crippen LogP contribution in [0, 0.1) is 5.92 Å². The summed E-state index contributed by atoms with van der Waals surface area (Å²) in [6.45, 7) is 0.398. The highest BCUT2D eigenvalue weighted by Gasteiger charge is 2.34. The molecule has 7 heteroatoms. The maximum Gasteiger partial charge on any atom is 0.311 e. The van der Waals surface area contributed by atoms with E-state index in [1.165, 1.54) is 11.8 Å². The molecule has 5 nitrogen and oxygen atoms in total. The van der Waals surface area contributed by atoms with Gasteiger partial charge in [-0.3, -0.25) is 9.59 Å². The van der Waals surface area contributed by atoms with Crippen molar-refractivity contribution in [1.29, 1.82) is 0 Å². The monoisotopic (exact) mass is 329 g/mol. The summed E-state index contributed by atoms with van der Waals surface area (Å²) in [6, 6.07) is 7.00. The topological polar surface area (TPSA) is 75.6 Å². The molecule has 2 atom stereocenters. The molecule has 0 radical (unpaired) electrons. The van der Waals surface area contributed by atoms with Crippen molar-refractivity contribution in [2.45, 2.75) is 17.4 Å². The van der Waals surface area contributed by atoms with Crippen LogP contribution >= 0.6 is 23.4 Å². The van der Waals surface area contributed by atoms with E-state index in [0.717, 1.165) is 4.90 Å². The largest absolute Gasteiger partial charge is 0.481 e. The predicted octanol–water partition coefficient (Wildman–Crippen LogP) is 2.04. The number of hydrogen-bond acceptors (Lipinski definition) is 4. The SMILES string of the molecule is O=C(CCSc1ccccc1Cl)NC1COCC1C(=O)O. The molecule has 2 N–H and O–H groups in total. The molecule has 0 saturated carbocycles.